The Kier molecular flexibility index (Phi) is 7.90. The lowest BCUT2D eigenvalue weighted by Gasteiger charge is -2.50. The van der Waals surface area contributed by atoms with Crippen molar-refractivity contribution in [2.24, 2.45) is 11.8 Å². The van der Waals surface area contributed by atoms with Crippen molar-refractivity contribution in [3.63, 3.8) is 0 Å². The molecule has 0 aliphatic carbocycles. The summed E-state index contributed by atoms with van der Waals surface area (Å²) in [6.45, 7) is 9.46. The minimum Gasteiger partial charge on any atom is -0.494 e. The van der Waals surface area contributed by atoms with Gasteiger partial charge in [0.05, 0.1) is 31.3 Å². The van der Waals surface area contributed by atoms with E-state index in [1.165, 1.54) is 0 Å². The average molecular weight is 483 g/mol. The van der Waals surface area contributed by atoms with Gasteiger partial charge in [-0.1, -0.05) is 25.5 Å². The van der Waals surface area contributed by atoms with Gasteiger partial charge < -0.3 is 24.1 Å². The molecular formula is C29H38O6. The minimum absolute atomic E-state index is 0.0512. The van der Waals surface area contributed by atoms with Crippen LogP contribution in [0.5, 0.6) is 17.2 Å². The number of carbonyl (C=O) groups is 1. The van der Waals surface area contributed by atoms with Gasteiger partial charge in [-0.15, -0.1) is 0 Å². The van der Waals surface area contributed by atoms with Crippen LogP contribution in [0.15, 0.2) is 42.5 Å². The van der Waals surface area contributed by atoms with Crippen LogP contribution >= 0.6 is 0 Å². The maximum Gasteiger partial charge on any atom is 0.309 e. The molecule has 0 spiro atoms. The van der Waals surface area contributed by atoms with Gasteiger partial charge in [-0.25, -0.2) is 0 Å². The molecule has 1 saturated heterocycles. The fourth-order valence-electron chi connectivity index (χ4n) is 5.24. The first-order valence-corrected chi connectivity index (χ1v) is 12.9. The van der Waals surface area contributed by atoms with Crippen molar-refractivity contribution >= 4 is 5.97 Å². The Morgan fingerprint density at radius 1 is 1.09 bits per heavy atom. The summed E-state index contributed by atoms with van der Waals surface area (Å²) < 4.78 is 24.4. The van der Waals surface area contributed by atoms with E-state index in [4.69, 9.17) is 18.9 Å². The molecule has 6 heteroatoms. The van der Waals surface area contributed by atoms with E-state index >= 15 is 0 Å². The Balaban J connectivity index is 1.53. The van der Waals surface area contributed by atoms with Crippen LogP contribution in [0.4, 0.5) is 0 Å². The first-order chi connectivity index (χ1) is 16.8. The molecule has 0 amide bonds. The van der Waals surface area contributed by atoms with Crippen LogP contribution in [-0.2, 0) is 16.0 Å². The van der Waals surface area contributed by atoms with E-state index in [0.29, 0.717) is 26.1 Å². The molecule has 2 aliphatic rings. The highest BCUT2D eigenvalue weighted by molar-refractivity contribution is 5.71. The van der Waals surface area contributed by atoms with E-state index in [2.05, 4.69) is 6.92 Å². The van der Waals surface area contributed by atoms with Crippen molar-refractivity contribution in [2.45, 2.75) is 77.6 Å². The fourth-order valence-corrected chi connectivity index (χ4v) is 5.24. The van der Waals surface area contributed by atoms with Gasteiger partial charge in [-0.2, -0.15) is 0 Å². The zero-order valence-corrected chi connectivity index (χ0v) is 21.3. The second-order valence-corrected chi connectivity index (χ2v) is 10.1. The normalized spacial score (nSPS) is 24.6. The van der Waals surface area contributed by atoms with Crippen molar-refractivity contribution < 1.29 is 28.8 Å². The van der Waals surface area contributed by atoms with Gasteiger partial charge >= 0.3 is 5.97 Å². The lowest BCUT2D eigenvalue weighted by Crippen LogP contribution is -2.52. The van der Waals surface area contributed by atoms with Crippen LogP contribution in [0.3, 0.4) is 0 Å². The Hall–Kier alpha value is -2.73. The number of aliphatic carboxylic acids is 1. The first-order valence-electron chi connectivity index (χ1n) is 12.9. The number of fused-ring (bicyclic) bond motifs is 3. The molecule has 0 bridgehead atoms. The van der Waals surface area contributed by atoms with Crippen LogP contribution in [-0.4, -0.2) is 36.0 Å². The zero-order valence-electron chi connectivity index (χ0n) is 21.3. The highest BCUT2D eigenvalue weighted by Crippen LogP contribution is 2.53. The van der Waals surface area contributed by atoms with Crippen molar-refractivity contribution in [3.05, 3.63) is 53.6 Å². The van der Waals surface area contributed by atoms with Gasteiger partial charge in [0.25, 0.3) is 0 Å². The summed E-state index contributed by atoms with van der Waals surface area (Å²) in [7, 11) is 0. The van der Waals surface area contributed by atoms with Crippen LogP contribution in [0, 0.1) is 11.8 Å². The molecule has 2 aliphatic heterocycles. The van der Waals surface area contributed by atoms with Crippen LogP contribution in [0.25, 0.3) is 0 Å². The molecule has 0 aromatic heterocycles. The standard InChI is InChI=1S/C29H38O6/c1-5-7-16-33-21-13-14-22-26(17-21)35-29(3,4)24-18-23(28(30)31)25(34-27(22)24)15-10-19-8-11-20(12-9-19)32-6-2/h8-9,11-14,17,23-25,27H,5-7,10,15-16,18H2,1-4H3,(H,30,31)/t23-,24+,25+,27-/m1/s1. The number of carboxylic acids is 1. The van der Waals surface area contributed by atoms with Crippen LogP contribution in [0.1, 0.15) is 70.6 Å². The smallest absolute Gasteiger partial charge is 0.309 e. The van der Waals surface area contributed by atoms with Crippen molar-refractivity contribution in [3.8, 4) is 17.2 Å². The van der Waals surface area contributed by atoms with E-state index in [9.17, 15) is 9.90 Å². The summed E-state index contributed by atoms with van der Waals surface area (Å²) in [6, 6.07) is 13.9. The number of rotatable bonds is 10. The molecule has 190 valence electrons. The van der Waals surface area contributed by atoms with Gasteiger partial charge in [-0.3, -0.25) is 4.79 Å². The second-order valence-electron chi connectivity index (χ2n) is 10.1. The summed E-state index contributed by atoms with van der Waals surface area (Å²) in [5.41, 5.74) is 1.57. The van der Waals surface area contributed by atoms with Crippen molar-refractivity contribution in [2.75, 3.05) is 13.2 Å². The van der Waals surface area contributed by atoms with E-state index in [1.807, 2.05) is 63.2 Å². The Morgan fingerprint density at radius 2 is 1.83 bits per heavy atom. The molecule has 0 radical (unpaired) electrons. The van der Waals surface area contributed by atoms with E-state index < -0.39 is 17.5 Å². The Morgan fingerprint density at radius 3 is 2.51 bits per heavy atom. The summed E-state index contributed by atoms with van der Waals surface area (Å²) >= 11 is 0. The van der Waals surface area contributed by atoms with Crippen LogP contribution < -0.4 is 14.2 Å². The summed E-state index contributed by atoms with van der Waals surface area (Å²) in [6.07, 6.45) is 3.41. The summed E-state index contributed by atoms with van der Waals surface area (Å²) in [5, 5.41) is 10.0. The third kappa shape index (κ3) is 5.75. The number of unbranched alkanes of at least 4 members (excludes halogenated alkanes) is 1. The Labute approximate surface area is 208 Å². The Bertz CT molecular complexity index is 999. The quantitative estimate of drug-likeness (QED) is 0.406. The van der Waals surface area contributed by atoms with Crippen LogP contribution in [0.2, 0.25) is 0 Å². The number of hydrogen-bond acceptors (Lipinski definition) is 5. The maximum absolute atomic E-state index is 12.2. The molecule has 0 unspecified atom stereocenters. The molecule has 0 saturated carbocycles. The number of ether oxygens (including phenoxy) is 4. The predicted octanol–water partition coefficient (Wildman–Crippen LogP) is 6.22. The van der Waals surface area contributed by atoms with E-state index in [-0.39, 0.29) is 18.1 Å². The van der Waals surface area contributed by atoms with Gasteiger partial charge in [0.2, 0.25) is 0 Å². The number of carboxylic acid groups (broad SMARTS) is 1. The van der Waals surface area contributed by atoms with Crippen molar-refractivity contribution in [1.82, 2.24) is 0 Å². The summed E-state index contributed by atoms with van der Waals surface area (Å²) in [4.78, 5) is 12.2. The molecule has 35 heavy (non-hydrogen) atoms. The second kappa shape index (κ2) is 10.9. The number of benzene rings is 2. The maximum atomic E-state index is 12.2. The first kappa shape index (κ1) is 25.4. The lowest BCUT2D eigenvalue weighted by atomic mass is 9.71. The average Bonchev–Trinajstić information content (AvgIpc) is 2.83. The highest BCUT2D eigenvalue weighted by atomic mass is 16.5. The van der Waals surface area contributed by atoms with Gasteiger partial charge in [0, 0.05) is 17.5 Å². The van der Waals surface area contributed by atoms with Crippen molar-refractivity contribution in [1.29, 1.82) is 0 Å². The lowest BCUT2D eigenvalue weighted by molar-refractivity contribution is -0.188. The molecule has 1 N–H and O–H groups in total. The molecule has 6 nitrogen and oxygen atoms in total. The molecule has 2 aromatic rings. The van der Waals surface area contributed by atoms with Gasteiger partial charge in [0.1, 0.15) is 22.8 Å². The third-order valence-electron chi connectivity index (χ3n) is 7.24. The molecule has 2 heterocycles. The molecule has 2 aromatic carbocycles. The van der Waals surface area contributed by atoms with E-state index in [0.717, 1.165) is 47.6 Å². The zero-order chi connectivity index (χ0) is 25.0. The largest absolute Gasteiger partial charge is 0.494 e. The minimum atomic E-state index is -0.804. The molecular weight excluding hydrogens is 444 g/mol. The molecule has 4 atom stereocenters. The van der Waals surface area contributed by atoms with Gasteiger partial charge in [-0.05, 0) is 76.3 Å². The molecule has 4 rings (SSSR count). The SMILES string of the molecule is CCCCOc1ccc2c(c1)OC(C)(C)[C@H]1C[C@@H](C(=O)O)[C@H](CCc3ccc(OCC)cc3)O[C@H]21. The monoisotopic (exact) mass is 482 g/mol. The predicted molar refractivity (Wildman–Crippen MR) is 134 cm³/mol. The number of hydrogen-bond donors (Lipinski definition) is 1. The van der Waals surface area contributed by atoms with E-state index in [1.54, 1.807) is 0 Å². The number of aryl methyl sites for hydroxylation is 1. The fraction of sp³-hybridized carbons (Fsp3) is 0.552. The third-order valence-corrected chi connectivity index (χ3v) is 7.24. The summed E-state index contributed by atoms with van der Waals surface area (Å²) in [5.74, 6) is 0.976. The van der Waals surface area contributed by atoms with Gasteiger partial charge in [0.15, 0.2) is 0 Å². The highest BCUT2D eigenvalue weighted by Gasteiger charge is 2.52. The molecule has 1 fully saturated rings. The topological polar surface area (TPSA) is 74.2 Å².